The van der Waals surface area contributed by atoms with E-state index in [1.54, 1.807) is 10.9 Å². The van der Waals surface area contributed by atoms with Gasteiger partial charge in [0.1, 0.15) is 0 Å². The van der Waals surface area contributed by atoms with Crippen molar-refractivity contribution in [3.05, 3.63) is 47.2 Å². The normalized spacial score (nSPS) is 12.4. The van der Waals surface area contributed by atoms with Gasteiger partial charge in [-0.1, -0.05) is 23.7 Å². The summed E-state index contributed by atoms with van der Waals surface area (Å²) in [6.07, 6.45) is 3.75. The van der Waals surface area contributed by atoms with Gasteiger partial charge < -0.3 is 11.1 Å². The van der Waals surface area contributed by atoms with Crippen LogP contribution < -0.4 is 11.1 Å². The number of rotatable bonds is 4. The number of nitrogens with two attached hydrogens (primary N) is 1. The highest BCUT2D eigenvalue weighted by molar-refractivity contribution is 6.33. The summed E-state index contributed by atoms with van der Waals surface area (Å²) < 4.78 is 1.76. The molecule has 2 rings (SSSR count). The van der Waals surface area contributed by atoms with Crippen LogP contribution in [0.4, 0.5) is 5.69 Å². The molecular weight excluding hydrogens is 236 g/mol. The summed E-state index contributed by atoms with van der Waals surface area (Å²) in [5, 5.41) is 8.14. The van der Waals surface area contributed by atoms with Crippen LogP contribution in [0, 0.1) is 0 Å². The van der Waals surface area contributed by atoms with E-state index in [1.807, 2.05) is 37.5 Å². The number of anilines is 1. The quantitative estimate of drug-likeness (QED) is 0.875. The van der Waals surface area contributed by atoms with Gasteiger partial charge in [0.15, 0.2) is 0 Å². The van der Waals surface area contributed by atoms with Crippen LogP contribution in [0.2, 0.25) is 5.02 Å². The summed E-state index contributed by atoms with van der Waals surface area (Å²) in [4.78, 5) is 0. The molecule has 5 heteroatoms. The Hall–Kier alpha value is -1.52. The minimum absolute atomic E-state index is 0.0172. The first kappa shape index (κ1) is 12.0. The third-order valence-corrected chi connectivity index (χ3v) is 2.90. The Morgan fingerprint density at radius 1 is 1.47 bits per heavy atom. The fourth-order valence-corrected chi connectivity index (χ4v) is 1.85. The molecule has 0 fully saturated rings. The van der Waals surface area contributed by atoms with Crippen molar-refractivity contribution in [1.82, 2.24) is 9.78 Å². The second-order valence-electron chi connectivity index (χ2n) is 3.86. The number of para-hydroxylation sites is 1. The van der Waals surface area contributed by atoms with Gasteiger partial charge in [0, 0.05) is 25.4 Å². The van der Waals surface area contributed by atoms with Gasteiger partial charge in [-0.05, 0) is 12.1 Å². The maximum atomic E-state index is 6.09. The summed E-state index contributed by atoms with van der Waals surface area (Å²) in [7, 11) is 1.88. The van der Waals surface area contributed by atoms with Gasteiger partial charge in [0.2, 0.25) is 0 Å². The topological polar surface area (TPSA) is 55.9 Å². The molecule has 0 aliphatic heterocycles. The molecule has 1 atom stereocenters. The number of nitrogens with one attached hydrogen (secondary N) is 1. The van der Waals surface area contributed by atoms with Crippen LogP contribution in [0.15, 0.2) is 36.7 Å². The SMILES string of the molecule is Cn1cc(C(CN)Nc2ccccc2Cl)cn1. The molecule has 2 aromatic rings. The summed E-state index contributed by atoms with van der Waals surface area (Å²) >= 11 is 6.09. The van der Waals surface area contributed by atoms with Gasteiger partial charge in [-0.3, -0.25) is 4.68 Å². The third-order valence-electron chi connectivity index (χ3n) is 2.57. The van der Waals surface area contributed by atoms with E-state index in [9.17, 15) is 0 Å². The zero-order valence-electron chi connectivity index (χ0n) is 9.60. The van der Waals surface area contributed by atoms with E-state index in [-0.39, 0.29) is 6.04 Å². The fourth-order valence-electron chi connectivity index (χ4n) is 1.66. The molecule has 0 bridgehead atoms. The van der Waals surface area contributed by atoms with Crippen LogP contribution in [0.25, 0.3) is 0 Å². The molecule has 1 aromatic heterocycles. The lowest BCUT2D eigenvalue weighted by Crippen LogP contribution is -2.20. The third kappa shape index (κ3) is 2.78. The molecule has 0 spiro atoms. The molecule has 17 heavy (non-hydrogen) atoms. The van der Waals surface area contributed by atoms with Crippen molar-refractivity contribution in [2.75, 3.05) is 11.9 Å². The Morgan fingerprint density at radius 3 is 2.82 bits per heavy atom. The van der Waals surface area contributed by atoms with E-state index in [1.165, 1.54) is 0 Å². The Kier molecular flexibility index (Phi) is 3.66. The molecular formula is C12H15ClN4. The van der Waals surface area contributed by atoms with Crippen molar-refractivity contribution in [3.8, 4) is 0 Å². The molecule has 4 nitrogen and oxygen atoms in total. The van der Waals surface area contributed by atoms with Crippen molar-refractivity contribution in [3.63, 3.8) is 0 Å². The first-order chi connectivity index (χ1) is 8.20. The van der Waals surface area contributed by atoms with Crippen molar-refractivity contribution in [1.29, 1.82) is 0 Å². The Bertz CT molecular complexity index is 495. The van der Waals surface area contributed by atoms with Gasteiger partial charge in [-0.15, -0.1) is 0 Å². The van der Waals surface area contributed by atoms with Crippen molar-refractivity contribution >= 4 is 17.3 Å². The van der Waals surface area contributed by atoms with E-state index in [0.717, 1.165) is 11.3 Å². The van der Waals surface area contributed by atoms with E-state index >= 15 is 0 Å². The summed E-state index contributed by atoms with van der Waals surface area (Å²) in [5.74, 6) is 0. The maximum absolute atomic E-state index is 6.09. The average molecular weight is 251 g/mol. The summed E-state index contributed by atoms with van der Waals surface area (Å²) in [6, 6.07) is 7.63. The predicted octanol–water partition coefficient (Wildman–Crippen LogP) is 2.19. The molecule has 1 heterocycles. The highest BCUT2D eigenvalue weighted by Gasteiger charge is 2.12. The van der Waals surface area contributed by atoms with E-state index < -0.39 is 0 Å². The molecule has 0 radical (unpaired) electrons. The highest BCUT2D eigenvalue weighted by Crippen LogP contribution is 2.25. The van der Waals surface area contributed by atoms with Crippen LogP contribution in [0.1, 0.15) is 11.6 Å². The zero-order chi connectivity index (χ0) is 12.3. The zero-order valence-corrected chi connectivity index (χ0v) is 10.4. The lowest BCUT2D eigenvalue weighted by atomic mass is 10.1. The number of hydrogen-bond donors (Lipinski definition) is 2. The Morgan fingerprint density at radius 2 is 2.24 bits per heavy atom. The van der Waals surface area contributed by atoms with Gasteiger partial charge in [-0.25, -0.2) is 0 Å². The minimum atomic E-state index is 0.0172. The van der Waals surface area contributed by atoms with Crippen molar-refractivity contribution < 1.29 is 0 Å². The van der Waals surface area contributed by atoms with Crippen LogP contribution in [-0.2, 0) is 7.05 Å². The second kappa shape index (κ2) is 5.21. The van der Waals surface area contributed by atoms with E-state index in [2.05, 4.69) is 10.4 Å². The number of hydrogen-bond acceptors (Lipinski definition) is 3. The van der Waals surface area contributed by atoms with Crippen molar-refractivity contribution in [2.24, 2.45) is 12.8 Å². The molecule has 1 aromatic carbocycles. The lowest BCUT2D eigenvalue weighted by molar-refractivity contribution is 0.759. The smallest absolute Gasteiger partial charge is 0.0667 e. The van der Waals surface area contributed by atoms with E-state index in [0.29, 0.717) is 11.6 Å². The van der Waals surface area contributed by atoms with Crippen LogP contribution >= 0.6 is 11.6 Å². The first-order valence-electron chi connectivity index (χ1n) is 5.40. The number of halogens is 1. The number of benzene rings is 1. The fraction of sp³-hybridized carbons (Fsp3) is 0.250. The monoisotopic (exact) mass is 250 g/mol. The maximum Gasteiger partial charge on any atom is 0.0667 e. The van der Waals surface area contributed by atoms with E-state index in [4.69, 9.17) is 17.3 Å². The molecule has 0 amide bonds. The number of aromatic nitrogens is 2. The second-order valence-corrected chi connectivity index (χ2v) is 4.27. The number of aryl methyl sites for hydroxylation is 1. The Labute approximate surface area is 105 Å². The minimum Gasteiger partial charge on any atom is -0.376 e. The summed E-state index contributed by atoms with van der Waals surface area (Å²) in [6.45, 7) is 0.483. The molecule has 3 N–H and O–H groups in total. The molecule has 0 saturated carbocycles. The molecule has 1 unspecified atom stereocenters. The largest absolute Gasteiger partial charge is 0.376 e. The first-order valence-corrected chi connectivity index (χ1v) is 5.78. The van der Waals surface area contributed by atoms with Gasteiger partial charge in [0.05, 0.1) is 22.9 Å². The van der Waals surface area contributed by atoms with Gasteiger partial charge in [0.25, 0.3) is 0 Å². The lowest BCUT2D eigenvalue weighted by Gasteiger charge is -2.17. The van der Waals surface area contributed by atoms with Gasteiger partial charge in [-0.2, -0.15) is 5.10 Å². The molecule has 0 saturated heterocycles. The highest BCUT2D eigenvalue weighted by atomic mass is 35.5. The van der Waals surface area contributed by atoms with Crippen LogP contribution in [0.5, 0.6) is 0 Å². The molecule has 90 valence electrons. The Balaban J connectivity index is 2.18. The standard InChI is InChI=1S/C12H15ClN4/c1-17-8-9(7-15-17)12(6-14)16-11-5-3-2-4-10(11)13/h2-5,7-8,12,16H,6,14H2,1H3. The average Bonchev–Trinajstić information content (AvgIpc) is 2.75. The van der Waals surface area contributed by atoms with Crippen LogP contribution in [0.3, 0.4) is 0 Å². The molecule has 0 aliphatic rings. The van der Waals surface area contributed by atoms with Crippen molar-refractivity contribution in [2.45, 2.75) is 6.04 Å². The number of nitrogens with zero attached hydrogens (tertiary/aromatic N) is 2. The molecule has 0 aliphatic carbocycles. The van der Waals surface area contributed by atoms with Gasteiger partial charge >= 0.3 is 0 Å². The predicted molar refractivity (Wildman–Crippen MR) is 70.1 cm³/mol. The summed E-state index contributed by atoms with van der Waals surface area (Å²) in [5.41, 5.74) is 7.70. The van der Waals surface area contributed by atoms with Crippen LogP contribution in [-0.4, -0.2) is 16.3 Å².